The van der Waals surface area contributed by atoms with E-state index in [9.17, 15) is 4.79 Å². The van der Waals surface area contributed by atoms with E-state index in [1.54, 1.807) is 30.0 Å². The molecule has 0 saturated carbocycles. The number of rotatable bonds is 7. The zero-order valence-corrected chi connectivity index (χ0v) is 23.0. The standard InChI is InChI=1S/C15H14N2OS.C11H17N5.C2H6/c18-11-14-8-13-10-17(7-6-12(13)9-16-14)19-15-4-2-1-3-5-15;1-8(2)16(7-12)11(13)9-5-4-6-10(14-3)15-9;1-2/h1-5,8-9,11H,6-7,10H2;4-8,12-13H,1-3H3,(H,14,15);1-2H3. The normalized spacial score (nSPS) is 12.2. The molecule has 1 aromatic carbocycles. The summed E-state index contributed by atoms with van der Waals surface area (Å²) in [6, 6.07) is 17.8. The monoisotopic (exact) mass is 519 g/mol. The van der Waals surface area contributed by atoms with Crippen molar-refractivity contribution in [2.45, 2.75) is 51.6 Å². The van der Waals surface area contributed by atoms with Crippen LogP contribution in [0.15, 0.2) is 65.7 Å². The van der Waals surface area contributed by atoms with E-state index >= 15 is 0 Å². The molecule has 3 aromatic rings. The molecule has 0 unspecified atom stereocenters. The molecule has 8 nitrogen and oxygen atoms in total. The molecule has 0 fully saturated rings. The highest BCUT2D eigenvalue weighted by atomic mass is 32.2. The predicted octanol–water partition coefficient (Wildman–Crippen LogP) is 5.75. The molecule has 0 atom stereocenters. The van der Waals surface area contributed by atoms with Gasteiger partial charge in [0.15, 0.2) is 12.1 Å². The molecule has 4 rings (SSSR count). The van der Waals surface area contributed by atoms with E-state index in [0.717, 1.165) is 38.0 Å². The topological polar surface area (TPSA) is 109 Å². The molecule has 0 saturated heterocycles. The quantitative estimate of drug-likeness (QED) is 0.158. The van der Waals surface area contributed by atoms with Gasteiger partial charge in [-0.1, -0.05) is 38.1 Å². The van der Waals surface area contributed by atoms with Crippen molar-refractivity contribution in [2.24, 2.45) is 0 Å². The van der Waals surface area contributed by atoms with E-state index in [0.29, 0.717) is 11.4 Å². The van der Waals surface area contributed by atoms with Crippen molar-refractivity contribution < 1.29 is 4.79 Å². The highest BCUT2D eigenvalue weighted by molar-refractivity contribution is 7.97. The molecule has 2 aromatic heterocycles. The van der Waals surface area contributed by atoms with Crippen molar-refractivity contribution in [3.8, 4) is 0 Å². The molecular weight excluding hydrogens is 482 g/mol. The number of fused-ring (bicyclic) bond motifs is 1. The van der Waals surface area contributed by atoms with Crippen LogP contribution in [0.2, 0.25) is 0 Å². The second-order valence-electron chi connectivity index (χ2n) is 8.15. The maximum absolute atomic E-state index is 10.8. The van der Waals surface area contributed by atoms with E-state index in [4.69, 9.17) is 10.8 Å². The maximum atomic E-state index is 10.8. The summed E-state index contributed by atoms with van der Waals surface area (Å²) in [5, 5.41) is 18.2. The number of pyridine rings is 2. The third-order valence-electron chi connectivity index (χ3n) is 5.38. The van der Waals surface area contributed by atoms with Crippen LogP contribution < -0.4 is 5.32 Å². The van der Waals surface area contributed by atoms with Gasteiger partial charge < -0.3 is 10.2 Å². The minimum absolute atomic E-state index is 0.0741. The summed E-state index contributed by atoms with van der Waals surface area (Å²) in [6.45, 7) is 9.73. The van der Waals surface area contributed by atoms with Crippen LogP contribution in [0.1, 0.15) is 55.0 Å². The van der Waals surface area contributed by atoms with Crippen molar-refractivity contribution in [1.29, 1.82) is 10.8 Å². The Kier molecular flexibility index (Phi) is 12.5. The van der Waals surface area contributed by atoms with Gasteiger partial charge in [-0.25, -0.2) is 9.29 Å². The summed E-state index contributed by atoms with van der Waals surface area (Å²) in [7, 11) is 1.78. The number of hydrogen-bond acceptors (Lipinski definition) is 8. The first kappa shape index (κ1) is 29.7. The Morgan fingerprint density at radius 1 is 1.14 bits per heavy atom. The Morgan fingerprint density at radius 3 is 2.49 bits per heavy atom. The Bertz CT molecular complexity index is 1150. The molecule has 0 radical (unpaired) electrons. The van der Waals surface area contributed by atoms with E-state index in [1.165, 1.54) is 16.0 Å². The van der Waals surface area contributed by atoms with Crippen LogP contribution in [0, 0.1) is 10.8 Å². The highest BCUT2D eigenvalue weighted by Gasteiger charge is 2.18. The van der Waals surface area contributed by atoms with Crippen molar-refractivity contribution in [3.63, 3.8) is 0 Å². The van der Waals surface area contributed by atoms with Crippen LogP contribution >= 0.6 is 11.9 Å². The zero-order valence-electron chi connectivity index (χ0n) is 22.2. The molecule has 196 valence electrons. The molecule has 3 heterocycles. The van der Waals surface area contributed by atoms with Gasteiger partial charge in [0.25, 0.3) is 0 Å². The lowest BCUT2D eigenvalue weighted by atomic mass is 10.0. The average molecular weight is 520 g/mol. The Balaban J connectivity index is 0.000000248. The molecule has 0 spiro atoms. The van der Waals surface area contributed by atoms with Gasteiger partial charge in [0.1, 0.15) is 17.2 Å². The highest BCUT2D eigenvalue weighted by Crippen LogP contribution is 2.28. The first-order valence-electron chi connectivity index (χ1n) is 12.4. The second-order valence-corrected chi connectivity index (χ2v) is 9.32. The maximum Gasteiger partial charge on any atom is 0.168 e. The van der Waals surface area contributed by atoms with Crippen LogP contribution in [-0.4, -0.2) is 57.3 Å². The lowest BCUT2D eigenvalue weighted by molar-refractivity contribution is 0.111. The molecule has 1 aliphatic heterocycles. The molecule has 9 heteroatoms. The fraction of sp³-hybridized carbons (Fsp3) is 0.321. The molecule has 3 N–H and O–H groups in total. The minimum atomic E-state index is 0.0741. The van der Waals surface area contributed by atoms with E-state index in [2.05, 4.69) is 43.9 Å². The van der Waals surface area contributed by atoms with Gasteiger partial charge in [-0.05, 0) is 73.7 Å². The van der Waals surface area contributed by atoms with Gasteiger partial charge in [0, 0.05) is 37.3 Å². The first-order valence-corrected chi connectivity index (χ1v) is 13.2. The van der Waals surface area contributed by atoms with E-state index in [1.807, 2.05) is 58.2 Å². The number of nitrogens with one attached hydrogen (secondary N) is 3. The Morgan fingerprint density at radius 2 is 1.86 bits per heavy atom. The fourth-order valence-corrected chi connectivity index (χ4v) is 4.48. The Labute approximate surface area is 224 Å². The third kappa shape index (κ3) is 8.80. The van der Waals surface area contributed by atoms with Crippen LogP contribution in [0.3, 0.4) is 0 Å². The molecular formula is C28H37N7OS. The summed E-state index contributed by atoms with van der Waals surface area (Å²) in [4.78, 5) is 22.0. The van der Waals surface area contributed by atoms with Gasteiger partial charge in [0.2, 0.25) is 0 Å². The third-order valence-corrected chi connectivity index (χ3v) is 6.43. The summed E-state index contributed by atoms with van der Waals surface area (Å²) in [5.74, 6) is 0.957. The summed E-state index contributed by atoms with van der Waals surface area (Å²) in [6.07, 6.45) is 4.79. The number of anilines is 1. The smallest absolute Gasteiger partial charge is 0.168 e. The van der Waals surface area contributed by atoms with Crippen LogP contribution in [0.5, 0.6) is 0 Å². The number of hydrogen-bond donors (Lipinski definition) is 3. The number of amidine groups is 1. The molecule has 37 heavy (non-hydrogen) atoms. The van der Waals surface area contributed by atoms with Gasteiger partial charge in [-0.15, -0.1) is 0 Å². The molecule has 1 aliphatic rings. The number of aromatic nitrogens is 2. The van der Waals surface area contributed by atoms with Gasteiger partial charge in [-0.3, -0.25) is 20.6 Å². The average Bonchev–Trinajstić information content (AvgIpc) is 2.94. The van der Waals surface area contributed by atoms with E-state index < -0.39 is 0 Å². The zero-order chi connectivity index (χ0) is 27.2. The number of aldehydes is 1. The van der Waals surface area contributed by atoms with Gasteiger partial charge >= 0.3 is 0 Å². The number of carbonyl (C=O) groups is 1. The van der Waals surface area contributed by atoms with E-state index in [-0.39, 0.29) is 11.9 Å². The number of benzene rings is 1. The summed E-state index contributed by atoms with van der Waals surface area (Å²) >= 11 is 1.77. The van der Waals surface area contributed by atoms with Gasteiger partial charge in [0.05, 0.1) is 6.34 Å². The Hall–Kier alpha value is -3.56. The molecule has 0 amide bonds. The minimum Gasteiger partial charge on any atom is -0.373 e. The number of carbonyl (C=O) groups excluding carboxylic acids is 1. The van der Waals surface area contributed by atoms with Crippen molar-refractivity contribution in [1.82, 2.24) is 19.2 Å². The van der Waals surface area contributed by atoms with Crippen molar-refractivity contribution >= 4 is 36.2 Å². The fourth-order valence-electron chi connectivity index (χ4n) is 3.51. The number of nitrogens with zero attached hydrogens (tertiary/aromatic N) is 4. The SMILES string of the molecule is CC.CNc1cccc(C(=N)N(C=N)C(C)C)n1.O=Cc1cc2c(cn1)CCN(Sc1ccccc1)C2. The van der Waals surface area contributed by atoms with Crippen molar-refractivity contribution in [3.05, 3.63) is 83.3 Å². The lowest BCUT2D eigenvalue weighted by Crippen LogP contribution is -2.36. The first-order chi connectivity index (χ1) is 17.9. The second kappa shape index (κ2) is 15.5. The summed E-state index contributed by atoms with van der Waals surface area (Å²) in [5.41, 5.74) is 3.55. The molecule has 0 bridgehead atoms. The van der Waals surface area contributed by atoms with Gasteiger partial charge in [-0.2, -0.15) is 0 Å². The van der Waals surface area contributed by atoms with Crippen LogP contribution in [0.4, 0.5) is 5.82 Å². The summed E-state index contributed by atoms with van der Waals surface area (Å²) < 4.78 is 2.33. The lowest BCUT2D eigenvalue weighted by Gasteiger charge is -2.27. The molecule has 0 aliphatic carbocycles. The van der Waals surface area contributed by atoms with Crippen LogP contribution in [-0.2, 0) is 13.0 Å². The largest absolute Gasteiger partial charge is 0.373 e. The van der Waals surface area contributed by atoms with Crippen molar-refractivity contribution in [2.75, 3.05) is 18.9 Å². The predicted molar refractivity (Wildman–Crippen MR) is 154 cm³/mol. The van der Waals surface area contributed by atoms with Crippen LogP contribution in [0.25, 0.3) is 0 Å².